The molecule has 1 aliphatic carbocycles. The van der Waals surface area contributed by atoms with Crippen molar-refractivity contribution in [3.05, 3.63) is 56.9 Å². The molecular weight excluding hydrogens is 412 g/mol. The zero-order valence-electron chi connectivity index (χ0n) is 17.4. The Morgan fingerprint density at radius 1 is 1.22 bits per heavy atom. The molecule has 1 fully saturated rings. The molecule has 1 atom stereocenters. The number of aliphatic hydroxyl groups excluding tert-OH is 1. The lowest BCUT2D eigenvalue weighted by molar-refractivity contribution is -0.146. The molecule has 0 bridgehead atoms. The van der Waals surface area contributed by atoms with Gasteiger partial charge in [0, 0.05) is 22.4 Å². The van der Waals surface area contributed by atoms with Crippen LogP contribution in [0.2, 0.25) is 0 Å². The molecule has 162 valence electrons. The summed E-state index contributed by atoms with van der Waals surface area (Å²) < 4.78 is 12.0. The minimum absolute atomic E-state index is 0.00529. The third-order valence-corrected chi connectivity index (χ3v) is 6.58. The van der Waals surface area contributed by atoms with Gasteiger partial charge in [-0.3, -0.25) is 14.4 Å². The zero-order chi connectivity index (χ0) is 22.1. The predicted molar refractivity (Wildman–Crippen MR) is 114 cm³/mol. The molecule has 0 spiro atoms. The Balaban J connectivity index is 1.63. The molecule has 0 amide bonds. The number of cyclic esters (lactones) is 1. The highest BCUT2D eigenvalue weighted by Gasteiger charge is 2.37. The molecule has 8 nitrogen and oxygen atoms in total. The Kier molecular flexibility index (Phi) is 4.04. The third kappa shape index (κ3) is 2.72. The molecule has 32 heavy (non-hydrogen) atoms. The minimum Gasteiger partial charge on any atom is -0.497 e. The Labute approximate surface area is 182 Å². The van der Waals surface area contributed by atoms with Crippen LogP contribution in [0.1, 0.15) is 52.4 Å². The van der Waals surface area contributed by atoms with Crippen LogP contribution in [0.5, 0.6) is 5.75 Å². The lowest BCUT2D eigenvalue weighted by Gasteiger charge is -2.13. The average molecular weight is 432 g/mol. The van der Waals surface area contributed by atoms with Crippen LogP contribution in [-0.2, 0) is 22.7 Å². The van der Waals surface area contributed by atoms with Crippen molar-refractivity contribution in [2.24, 2.45) is 5.92 Å². The first-order valence-electron chi connectivity index (χ1n) is 10.6. The lowest BCUT2D eigenvalue weighted by atomic mass is 9.94. The van der Waals surface area contributed by atoms with Gasteiger partial charge in [-0.15, -0.1) is 0 Å². The maximum atomic E-state index is 13.4. The van der Waals surface area contributed by atoms with Gasteiger partial charge in [0.25, 0.3) is 5.56 Å². The molecule has 6 rings (SSSR count). The lowest BCUT2D eigenvalue weighted by Crippen LogP contribution is -2.25. The van der Waals surface area contributed by atoms with E-state index in [0.29, 0.717) is 39.3 Å². The fourth-order valence-electron chi connectivity index (χ4n) is 4.75. The second-order valence-electron chi connectivity index (χ2n) is 8.57. The third-order valence-electron chi connectivity index (χ3n) is 6.58. The minimum atomic E-state index is -1.13. The summed E-state index contributed by atoms with van der Waals surface area (Å²) in [7, 11) is 1.57. The normalized spacial score (nSPS) is 19.1. The van der Waals surface area contributed by atoms with E-state index in [-0.39, 0.29) is 42.4 Å². The first kappa shape index (κ1) is 19.2. The largest absolute Gasteiger partial charge is 0.497 e. The number of rotatable bonds is 3. The Morgan fingerprint density at radius 3 is 2.78 bits per heavy atom. The molecule has 1 aromatic carbocycles. The summed E-state index contributed by atoms with van der Waals surface area (Å²) in [6.07, 6.45) is 0.388. The summed E-state index contributed by atoms with van der Waals surface area (Å²) in [4.78, 5) is 43.2. The molecule has 8 heteroatoms. The number of fused-ring (bicyclic) bond motifs is 5. The second-order valence-corrected chi connectivity index (χ2v) is 8.57. The van der Waals surface area contributed by atoms with E-state index in [4.69, 9.17) is 14.5 Å². The van der Waals surface area contributed by atoms with E-state index in [2.05, 4.69) is 0 Å². The van der Waals surface area contributed by atoms with Gasteiger partial charge in [-0.1, -0.05) is 0 Å². The highest BCUT2D eigenvalue weighted by molar-refractivity contribution is 6.12. The van der Waals surface area contributed by atoms with Crippen molar-refractivity contribution in [2.45, 2.75) is 38.5 Å². The van der Waals surface area contributed by atoms with Crippen molar-refractivity contribution in [2.75, 3.05) is 7.11 Å². The van der Waals surface area contributed by atoms with Crippen molar-refractivity contribution < 1.29 is 24.2 Å². The molecule has 0 saturated heterocycles. The number of pyridine rings is 2. The predicted octanol–water partition coefficient (Wildman–Crippen LogP) is 2.51. The Hall–Kier alpha value is -3.52. The van der Waals surface area contributed by atoms with Crippen molar-refractivity contribution in [3.63, 3.8) is 0 Å². The number of hydrogen-bond donors (Lipinski definition) is 1. The number of carbonyl (C=O) groups is 2. The molecule has 2 aromatic heterocycles. The highest BCUT2D eigenvalue weighted by atomic mass is 16.5. The van der Waals surface area contributed by atoms with Crippen molar-refractivity contribution in [1.82, 2.24) is 9.55 Å². The van der Waals surface area contributed by atoms with Gasteiger partial charge in [-0.2, -0.15) is 0 Å². The SMILES string of the molecule is COc1ccc2nc3c(c(C(=O)C4CC4)c2c1)Cn1c-3cc2c(c1=O)COC(=O)C[C@H]2O. The molecule has 1 N–H and O–H groups in total. The monoisotopic (exact) mass is 432 g/mol. The smallest absolute Gasteiger partial charge is 0.309 e. The van der Waals surface area contributed by atoms with E-state index >= 15 is 0 Å². The summed E-state index contributed by atoms with van der Waals surface area (Å²) in [5.74, 6) is 0.148. The van der Waals surface area contributed by atoms with E-state index in [1.165, 1.54) is 0 Å². The second kappa shape index (κ2) is 6.74. The van der Waals surface area contributed by atoms with Crippen molar-refractivity contribution in [3.8, 4) is 17.1 Å². The van der Waals surface area contributed by atoms with Crippen LogP contribution in [0.25, 0.3) is 22.3 Å². The van der Waals surface area contributed by atoms with Crippen LogP contribution in [0.3, 0.4) is 0 Å². The summed E-state index contributed by atoms with van der Waals surface area (Å²) in [5.41, 5.74) is 3.37. The maximum Gasteiger partial charge on any atom is 0.309 e. The molecule has 0 unspecified atom stereocenters. The van der Waals surface area contributed by atoms with Crippen LogP contribution in [0.4, 0.5) is 0 Å². The van der Waals surface area contributed by atoms with Gasteiger partial charge in [0.15, 0.2) is 5.78 Å². The first-order valence-corrected chi connectivity index (χ1v) is 10.6. The van der Waals surface area contributed by atoms with Gasteiger partial charge < -0.3 is 19.1 Å². The van der Waals surface area contributed by atoms with Gasteiger partial charge in [-0.25, -0.2) is 4.98 Å². The van der Waals surface area contributed by atoms with Crippen LogP contribution in [0, 0.1) is 5.92 Å². The number of benzene rings is 1. The van der Waals surface area contributed by atoms with Gasteiger partial charge in [-0.05, 0) is 42.7 Å². The van der Waals surface area contributed by atoms with Gasteiger partial charge in [0.05, 0.1) is 48.6 Å². The highest BCUT2D eigenvalue weighted by Crippen LogP contribution is 2.42. The molecule has 4 heterocycles. The van der Waals surface area contributed by atoms with E-state index in [1.807, 2.05) is 12.1 Å². The van der Waals surface area contributed by atoms with Crippen LogP contribution < -0.4 is 10.3 Å². The van der Waals surface area contributed by atoms with Crippen molar-refractivity contribution >= 4 is 22.7 Å². The maximum absolute atomic E-state index is 13.4. The zero-order valence-corrected chi connectivity index (χ0v) is 17.4. The summed E-state index contributed by atoms with van der Waals surface area (Å²) >= 11 is 0. The number of Topliss-reactive ketones (excluding diaryl/α,β-unsaturated/α-hetero) is 1. The first-order chi connectivity index (χ1) is 15.5. The van der Waals surface area contributed by atoms with E-state index < -0.39 is 12.1 Å². The number of ether oxygens (including phenoxy) is 2. The van der Waals surface area contributed by atoms with Gasteiger partial charge in [0.2, 0.25) is 0 Å². The summed E-state index contributed by atoms with van der Waals surface area (Å²) in [6.45, 7) is 0.0237. The number of hydrogen-bond acceptors (Lipinski definition) is 7. The number of aliphatic hydroxyl groups is 1. The topological polar surface area (TPSA) is 108 Å². The molecular formula is C24H20N2O6. The van der Waals surface area contributed by atoms with Crippen molar-refractivity contribution in [1.29, 1.82) is 0 Å². The fourth-order valence-corrected chi connectivity index (χ4v) is 4.75. The van der Waals surface area contributed by atoms with Crippen LogP contribution in [0.15, 0.2) is 29.1 Å². The average Bonchev–Trinajstić information content (AvgIpc) is 3.58. The number of esters is 1. The Morgan fingerprint density at radius 2 is 2.03 bits per heavy atom. The van der Waals surface area contributed by atoms with E-state index in [0.717, 1.165) is 18.2 Å². The Bertz CT molecular complexity index is 1400. The quantitative estimate of drug-likeness (QED) is 0.391. The van der Waals surface area contributed by atoms with Crippen LogP contribution >= 0.6 is 0 Å². The molecule has 2 aliphatic heterocycles. The molecule has 3 aromatic rings. The summed E-state index contributed by atoms with van der Waals surface area (Å²) in [5, 5.41) is 11.3. The van der Waals surface area contributed by atoms with E-state index in [9.17, 15) is 19.5 Å². The number of ketones is 1. The molecule has 1 saturated carbocycles. The molecule has 3 aliphatic rings. The summed E-state index contributed by atoms with van der Waals surface area (Å²) in [6, 6.07) is 7.13. The van der Waals surface area contributed by atoms with Gasteiger partial charge in [0.1, 0.15) is 12.4 Å². The standard InChI is InChI=1S/C24H20N2O6/c1-31-12-4-5-17-14(6-12)21(23(29)11-2-3-11)15-9-26-18(22(15)25-17)7-13-16(24(26)30)10-32-20(28)8-19(13)27/h4-7,11,19,27H,2-3,8-10H2,1H3/t19-/m1/s1. The molecule has 0 radical (unpaired) electrons. The number of carbonyl (C=O) groups excluding carboxylic acids is 2. The van der Waals surface area contributed by atoms with Crippen LogP contribution in [-0.4, -0.2) is 33.5 Å². The number of nitrogens with zero attached hydrogens (tertiary/aromatic N) is 2. The van der Waals surface area contributed by atoms with E-state index in [1.54, 1.807) is 23.8 Å². The number of aromatic nitrogens is 2. The fraction of sp³-hybridized carbons (Fsp3) is 0.333. The van der Waals surface area contributed by atoms with Gasteiger partial charge >= 0.3 is 5.97 Å². The number of methoxy groups -OCH3 is 1.